The predicted octanol–water partition coefficient (Wildman–Crippen LogP) is 1.42. The lowest BCUT2D eigenvalue weighted by Gasteiger charge is -2.03. The molecule has 6 heteroatoms. The molecule has 0 saturated heterocycles. The van der Waals surface area contributed by atoms with E-state index < -0.39 is 11.9 Å². The molecule has 1 aromatic heterocycles. The molecule has 0 saturated carbocycles. The van der Waals surface area contributed by atoms with Gasteiger partial charge in [0.2, 0.25) is 0 Å². The third kappa shape index (κ3) is 2.53. The lowest BCUT2D eigenvalue weighted by Crippen LogP contribution is -2.09. The Kier molecular flexibility index (Phi) is 3.79. The van der Waals surface area contributed by atoms with Crippen molar-refractivity contribution in [3.8, 4) is 0 Å². The lowest BCUT2D eigenvalue weighted by atomic mass is 10.2. The van der Waals surface area contributed by atoms with Gasteiger partial charge in [-0.15, -0.1) is 0 Å². The summed E-state index contributed by atoms with van der Waals surface area (Å²) in [6.45, 7) is 0. The Labute approximate surface area is 94.5 Å². The van der Waals surface area contributed by atoms with E-state index in [1.165, 1.54) is 26.5 Å². The molecule has 0 radical (unpaired) electrons. The van der Waals surface area contributed by atoms with Gasteiger partial charge in [0.15, 0.2) is 0 Å². The van der Waals surface area contributed by atoms with Crippen LogP contribution < -0.4 is 0 Å². The van der Waals surface area contributed by atoms with Crippen LogP contribution in [0.3, 0.4) is 0 Å². The molecule has 15 heavy (non-hydrogen) atoms. The summed E-state index contributed by atoms with van der Waals surface area (Å²) in [4.78, 5) is 26.2. The molecule has 0 aliphatic carbocycles. The maximum atomic E-state index is 11.3. The topological polar surface area (TPSA) is 65.5 Å². The van der Waals surface area contributed by atoms with Crippen LogP contribution in [0.4, 0.5) is 0 Å². The van der Waals surface area contributed by atoms with Gasteiger partial charge in [0.25, 0.3) is 0 Å². The summed E-state index contributed by atoms with van der Waals surface area (Å²) in [5.74, 6) is -1.15. The van der Waals surface area contributed by atoms with E-state index in [-0.39, 0.29) is 11.3 Å². The minimum Gasteiger partial charge on any atom is -0.465 e. The molecule has 0 unspecified atom stereocenters. The van der Waals surface area contributed by atoms with Gasteiger partial charge in [-0.25, -0.2) is 14.6 Å². The van der Waals surface area contributed by atoms with Crippen LogP contribution in [0.15, 0.2) is 16.7 Å². The van der Waals surface area contributed by atoms with E-state index in [0.29, 0.717) is 4.47 Å². The number of nitrogens with zero attached hydrogens (tertiary/aromatic N) is 1. The first kappa shape index (κ1) is 11.6. The van der Waals surface area contributed by atoms with Crippen molar-refractivity contribution in [1.29, 1.82) is 0 Å². The lowest BCUT2D eigenvalue weighted by molar-refractivity contribution is 0.0593. The third-order valence-corrected chi connectivity index (χ3v) is 2.29. The Morgan fingerprint density at radius 1 is 1.27 bits per heavy atom. The van der Waals surface area contributed by atoms with E-state index in [2.05, 4.69) is 30.4 Å². The molecular formula is C9H8BrNO4. The number of rotatable bonds is 2. The van der Waals surface area contributed by atoms with Crippen LogP contribution in [0.25, 0.3) is 0 Å². The van der Waals surface area contributed by atoms with Crippen molar-refractivity contribution in [2.24, 2.45) is 0 Å². The van der Waals surface area contributed by atoms with Gasteiger partial charge < -0.3 is 9.47 Å². The monoisotopic (exact) mass is 273 g/mol. The van der Waals surface area contributed by atoms with Crippen LogP contribution in [0.5, 0.6) is 0 Å². The molecule has 5 nitrogen and oxygen atoms in total. The first-order valence-corrected chi connectivity index (χ1v) is 4.71. The highest BCUT2D eigenvalue weighted by Gasteiger charge is 2.15. The summed E-state index contributed by atoms with van der Waals surface area (Å²) >= 11 is 3.13. The van der Waals surface area contributed by atoms with Gasteiger partial charge in [-0.05, 0) is 22.0 Å². The van der Waals surface area contributed by atoms with Crippen LogP contribution in [-0.4, -0.2) is 31.1 Å². The number of carbonyl (C=O) groups is 2. The van der Waals surface area contributed by atoms with Crippen LogP contribution in [0, 0.1) is 0 Å². The Morgan fingerprint density at radius 3 is 2.40 bits per heavy atom. The predicted molar refractivity (Wildman–Crippen MR) is 54.6 cm³/mol. The van der Waals surface area contributed by atoms with Crippen molar-refractivity contribution >= 4 is 27.9 Å². The number of ether oxygens (including phenoxy) is 2. The van der Waals surface area contributed by atoms with E-state index in [1.54, 1.807) is 0 Å². The van der Waals surface area contributed by atoms with Gasteiger partial charge in [-0.2, -0.15) is 0 Å². The number of pyridine rings is 1. The molecule has 1 rings (SSSR count). The summed E-state index contributed by atoms with van der Waals surface area (Å²) in [5, 5.41) is 0. The number of hydrogen-bond acceptors (Lipinski definition) is 5. The van der Waals surface area contributed by atoms with E-state index in [9.17, 15) is 9.59 Å². The second kappa shape index (κ2) is 4.88. The Bertz CT molecular complexity index is 405. The zero-order chi connectivity index (χ0) is 11.4. The van der Waals surface area contributed by atoms with Crippen LogP contribution >= 0.6 is 15.9 Å². The van der Waals surface area contributed by atoms with Crippen LogP contribution in [-0.2, 0) is 9.47 Å². The van der Waals surface area contributed by atoms with Gasteiger partial charge in [0.05, 0.1) is 24.3 Å². The number of hydrogen-bond donors (Lipinski definition) is 0. The van der Waals surface area contributed by atoms with Crippen molar-refractivity contribution in [2.45, 2.75) is 0 Å². The van der Waals surface area contributed by atoms with Crippen molar-refractivity contribution in [3.63, 3.8) is 0 Å². The molecule has 0 spiro atoms. The van der Waals surface area contributed by atoms with Gasteiger partial charge in [0.1, 0.15) is 5.69 Å². The number of aromatic nitrogens is 1. The first-order valence-electron chi connectivity index (χ1n) is 3.92. The van der Waals surface area contributed by atoms with E-state index in [0.717, 1.165) is 0 Å². The normalized spacial score (nSPS) is 9.53. The summed E-state index contributed by atoms with van der Waals surface area (Å²) < 4.78 is 9.47. The molecule has 0 N–H and O–H groups in total. The highest BCUT2D eigenvalue weighted by atomic mass is 79.9. The molecule has 0 aliphatic rings. The summed E-state index contributed by atoms with van der Waals surface area (Å²) in [5.41, 5.74) is 0.286. The number of carbonyl (C=O) groups excluding carboxylic acids is 2. The summed E-state index contributed by atoms with van der Waals surface area (Å²) in [7, 11) is 2.50. The van der Waals surface area contributed by atoms with Crippen LogP contribution in [0.2, 0.25) is 0 Å². The minimum atomic E-state index is -0.604. The van der Waals surface area contributed by atoms with Gasteiger partial charge in [-0.3, -0.25) is 0 Å². The second-order valence-electron chi connectivity index (χ2n) is 2.53. The summed E-state index contributed by atoms with van der Waals surface area (Å²) in [6.07, 6.45) is 1.35. The molecule has 1 heterocycles. The maximum Gasteiger partial charge on any atom is 0.356 e. The molecule has 0 aliphatic heterocycles. The SMILES string of the molecule is COC(=O)c1cc(C(=O)OC)c(Br)cn1. The fourth-order valence-electron chi connectivity index (χ4n) is 0.921. The standard InChI is InChI=1S/C9H8BrNO4/c1-14-8(12)5-3-7(9(13)15-2)11-4-6(5)10/h3-4H,1-2H3. The Balaban J connectivity index is 3.16. The zero-order valence-corrected chi connectivity index (χ0v) is 9.70. The maximum absolute atomic E-state index is 11.3. The fraction of sp³-hybridized carbons (Fsp3) is 0.222. The van der Waals surface area contributed by atoms with Gasteiger partial charge in [-0.1, -0.05) is 0 Å². The number of esters is 2. The smallest absolute Gasteiger partial charge is 0.356 e. The van der Waals surface area contributed by atoms with E-state index in [4.69, 9.17) is 0 Å². The minimum absolute atomic E-state index is 0.0566. The largest absolute Gasteiger partial charge is 0.465 e. The first-order chi connectivity index (χ1) is 7.10. The Morgan fingerprint density at radius 2 is 1.87 bits per heavy atom. The Hall–Kier alpha value is -1.43. The average Bonchev–Trinajstić information content (AvgIpc) is 2.27. The fourth-order valence-corrected chi connectivity index (χ4v) is 1.30. The molecule has 0 bridgehead atoms. The molecule has 1 aromatic rings. The third-order valence-electron chi connectivity index (χ3n) is 1.66. The molecule has 80 valence electrons. The quantitative estimate of drug-likeness (QED) is 0.763. The number of methoxy groups -OCH3 is 2. The van der Waals surface area contributed by atoms with Crippen molar-refractivity contribution in [3.05, 3.63) is 28.0 Å². The molecule has 0 aromatic carbocycles. The van der Waals surface area contributed by atoms with Crippen molar-refractivity contribution in [2.75, 3.05) is 14.2 Å². The molecule has 0 amide bonds. The van der Waals surface area contributed by atoms with Crippen LogP contribution in [0.1, 0.15) is 20.8 Å². The second-order valence-corrected chi connectivity index (χ2v) is 3.39. The average molecular weight is 274 g/mol. The molecule has 0 atom stereocenters. The van der Waals surface area contributed by atoms with Gasteiger partial charge in [0, 0.05) is 6.20 Å². The number of halogens is 1. The van der Waals surface area contributed by atoms with Crippen molar-refractivity contribution in [1.82, 2.24) is 4.98 Å². The molecular weight excluding hydrogens is 266 g/mol. The van der Waals surface area contributed by atoms with E-state index >= 15 is 0 Å². The van der Waals surface area contributed by atoms with Crippen molar-refractivity contribution < 1.29 is 19.1 Å². The van der Waals surface area contributed by atoms with E-state index in [1.807, 2.05) is 0 Å². The highest BCUT2D eigenvalue weighted by molar-refractivity contribution is 9.10. The molecule has 0 fully saturated rings. The zero-order valence-electron chi connectivity index (χ0n) is 8.11. The van der Waals surface area contributed by atoms with Gasteiger partial charge >= 0.3 is 11.9 Å². The highest BCUT2D eigenvalue weighted by Crippen LogP contribution is 2.17. The summed E-state index contributed by atoms with van der Waals surface area (Å²) in [6, 6.07) is 1.31.